The number of hydrogen-bond donors (Lipinski definition) is 0. The summed E-state index contributed by atoms with van der Waals surface area (Å²) in [5.41, 5.74) is 25.0. The number of rotatable bonds is 11. The molecule has 0 saturated heterocycles. The molecule has 0 atom stereocenters. The van der Waals surface area contributed by atoms with Crippen molar-refractivity contribution in [3.05, 3.63) is 345 Å². The van der Waals surface area contributed by atoms with Crippen LogP contribution in [0.25, 0.3) is 22.3 Å². The zero-order valence-corrected chi connectivity index (χ0v) is 51.6. The van der Waals surface area contributed by atoms with Gasteiger partial charge in [0.05, 0.1) is 11.4 Å². The zero-order valence-electron chi connectivity index (χ0n) is 50.8. The van der Waals surface area contributed by atoms with Crippen LogP contribution in [0.3, 0.4) is 0 Å². The van der Waals surface area contributed by atoms with Crippen LogP contribution < -0.4 is 57.3 Å². The quantitative estimate of drug-likeness (QED) is 0.119. The molecule has 0 N–H and O–H groups in total. The molecule has 0 fully saturated rings. The minimum Gasteiger partial charge on any atom is -0.311 e. The lowest BCUT2D eigenvalue weighted by molar-refractivity contribution is 0.584. The molecule has 4 aliphatic heterocycles. The molecule has 0 spiro atoms. The standard InChI is InChI=1S/C84H55B2F2N5S/c87-60-44-47-76(73(88)49-60)93-77-55-81-72(86-70-39-20-22-41-75(70)92(64-35-17-6-18-36-64)80-52-68(53-82(94-81)84(80)86)89(61-29-11-3-12-30-61)62-31-13-4-14-32-62)54-71(77)85-69-38-19-21-40-74(69)91(63-33-15-5-16-34-63)78-50-67(51-79(93)83(78)85)90(65-45-42-58(43-46-65)56-24-7-1-8-25-56)66-37-23-28-59(48-66)57-26-9-2-10-27-57/h1-55H. The van der Waals surface area contributed by atoms with Gasteiger partial charge in [0.25, 0.3) is 6.71 Å². The number of hydrogen-bond acceptors (Lipinski definition) is 6. The van der Waals surface area contributed by atoms with Crippen molar-refractivity contribution >= 4 is 143 Å². The second kappa shape index (κ2) is 22.7. The normalized spacial score (nSPS) is 12.9. The topological polar surface area (TPSA) is 16.2 Å². The molecule has 0 radical (unpaired) electrons. The largest absolute Gasteiger partial charge is 0.311 e. The molecule has 0 saturated carbocycles. The van der Waals surface area contributed by atoms with E-state index in [0.29, 0.717) is 0 Å². The summed E-state index contributed by atoms with van der Waals surface area (Å²) in [6, 6.07) is 117. The van der Waals surface area contributed by atoms with Crippen molar-refractivity contribution in [2.75, 3.05) is 24.5 Å². The Hall–Kier alpha value is -11.6. The average molecular weight is 1230 g/mol. The van der Waals surface area contributed by atoms with Crippen molar-refractivity contribution in [2.45, 2.75) is 9.79 Å². The van der Waals surface area contributed by atoms with Gasteiger partial charge in [-0.05, 0) is 177 Å². The van der Waals surface area contributed by atoms with Gasteiger partial charge >= 0.3 is 0 Å². The summed E-state index contributed by atoms with van der Waals surface area (Å²) in [5, 5.41) is 0. The van der Waals surface area contributed by atoms with Crippen molar-refractivity contribution in [3.8, 4) is 22.3 Å². The SMILES string of the molecule is Fc1ccc(N2c3cc4c(cc3B3c5ccccc5N(c5ccccc5)c5cc(N(c6ccc(-c7ccccc7)cc6)c6cccc(-c7ccccc7)c6)cc2c53)B2c3ccccc3N(c3ccccc3)c3cc(N(c5ccccc5)c5ccccc5)cc(c32)S4)c(F)c1. The van der Waals surface area contributed by atoms with Crippen molar-refractivity contribution in [1.29, 1.82) is 0 Å². The summed E-state index contributed by atoms with van der Waals surface area (Å²) in [4.78, 5) is 13.8. The van der Waals surface area contributed by atoms with Crippen LogP contribution in [0.1, 0.15) is 0 Å². The van der Waals surface area contributed by atoms with Gasteiger partial charge in [-0.15, -0.1) is 0 Å². The Balaban J connectivity index is 0.913. The van der Waals surface area contributed by atoms with Crippen LogP contribution in [-0.4, -0.2) is 13.4 Å². The molecule has 4 heterocycles. The first kappa shape index (κ1) is 55.3. The first-order chi connectivity index (χ1) is 46.5. The van der Waals surface area contributed by atoms with E-state index in [1.54, 1.807) is 17.8 Å². The molecule has 0 aliphatic carbocycles. The molecule has 0 aromatic heterocycles. The van der Waals surface area contributed by atoms with Crippen molar-refractivity contribution < 1.29 is 8.78 Å². The zero-order chi connectivity index (χ0) is 62.4. The predicted octanol–water partition coefficient (Wildman–Crippen LogP) is 19.1. The Kier molecular flexibility index (Phi) is 13.3. The summed E-state index contributed by atoms with van der Waals surface area (Å²) in [6.07, 6.45) is 0. The van der Waals surface area contributed by atoms with Gasteiger partial charge in [0, 0.05) is 89.8 Å². The van der Waals surface area contributed by atoms with E-state index in [0.717, 1.165) is 134 Å². The molecule has 0 amide bonds. The Morgan fingerprint density at radius 2 is 0.702 bits per heavy atom. The monoisotopic (exact) mass is 1230 g/mol. The predicted molar refractivity (Wildman–Crippen MR) is 391 cm³/mol. The number of nitrogens with zero attached hydrogens (tertiary/aromatic N) is 5. The molecular weight excluding hydrogens is 1170 g/mol. The van der Waals surface area contributed by atoms with E-state index in [-0.39, 0.29) is 19.1 Å². The van der Waals surface area contributed by atoms with Gasteiger partial charge in [0.15, 0.2) is 0 Å². The maximum atomic E-state index is 17.8. The van der Waals surface area contributed by atoms with Gasteiger partial charge in [-0.25, -0.2) is 8.78 Å². The van der Waals surface area contributed by atoms with E-state index in [1.807, 2.05) is 12.1 Å². The van der Waals surface area contributed by atoms with Crippen LogP contribution >= 0.6 is 11.8 Å². The van der Waals surface area contributed by atoms with Crippen LogP contribution in [0, 0.1) is 11.6 Å². The van der Waals surface area contributed by atoms with Gasteiger partial charge in [-0.2, -0.15) is 0 Å². The molecule has 0 unspecified atom stereocenters. The number of halogens is 2. The molecular formula is C84H55B2F2N5S. The summed E-state index contributed by atoms with van der Waals surface area (Å²) >= 11 is 1.76. The van der Waals surface area contributed by atoms with Gasteiger partial charge in [0.2, 0.25) is 6.71 Å². The number of anilines is 15. The van der Waals surface area contributed by atoms with Gasteiger partial charge < -0.3 is 24.5 Å². The van der Waals surface area contributed by atoms with Gasteiger partial charge in [0.1, 0.15) is 11.6 Å². The Bertz CT molecular complexity index is 5210. The summed E-state index contributed by atoms with van der Waals surface area (Å²) in [6.45, 7) is -0.542. The van der Waals surface area contributed by atoms with E-state index in [9.17, 15) is 0 Å². The van der Waals surface area contributed by atoms with E-state index in [4.69, 9.17) is 0 Å². The summed E-state index contributed by atoms with van der Waals surface area (Å²) in [7, 11) is 0. The second-order valence-corrected chi connectivity index (χ2v) is 25.3. The minimum atomic E-state index is -0.669. The number of para-hydroxylation sites is 6. The molecule has 18 rings (SSSR count). The maximum absolute atomic E-state index is 17.8. The van der Waals surface area contributed by atoms with Gasteiger partial charge in [-0.1, -0.05) is 217 Å². The van der Waals surface area contributed by atoms with Crippen LogP contribution in [0.15, 0.2) is 343 Å². The Labute approximate surface area is 550 Å². The van der Waals surface area contributed by atoms with Gasteiger partial charge in [-0.3, -0.25) is 0 Å². The highest BCUT2D eigenvalue weighted by Crippen LogP contribution is 2.52. The fraction of sp³-hybridized carbons (Fsp3) is 0. The lowest BCUT2D eigenvalue weighted by Crippen LogP contribution is -2.64. The van der Waals surface area contributed by atoms with E-state index < -0.39 is 11.6 Å². The van der Waals surface area contributed by atoms with E-state index >= 15 is 8.78 Å². The minimum absolute atomic E-state index is 0.203. The smallest absolute Gasteiger partial charge is 0.252 e. The Morgan fingerprint density at radius 1 is 0.255 bits per heavy atom. The molecule has 94 heavy (non-hydrogen) atoms. The summed E-state index contributed by atoms with van der Waals surface area (Å²) in [5.74, 6) is -1.32. The third kappa shape index (κ3) is 9.15. The average Bonchev–Trinajstić information content (AvgIpc) is 0.692. The molecule has 10 heteroatoms. The highest BCUT2D eigenvalue weighted by molar-refractivity contribution is 8.00. The number of fused-ring (bicyclic) bond motifs is 8. The van der Waals surface area contributed by atoms with Crippen LogP contribution in [0.2, 0.25) is 0 Å². The van der Waals surface area contributed by atoms with Crippen molar-refractivity contribution in [2.24, 2.45) is 0 Å². The Morgan fingerprint density at radius 3 is 1.29 bits per heavy atom. The third-order valence-corrected chi connectivity index (χ3v) is 20.0. The summed E-state index contributed by atoms with van der Waals surface area (Å²) < 4.78 is 33.5. The molecule has 0 bridgehead atoms. The third-order valence-electron chi connectivity index (χ3n) is 18.9. The van der Waals surface area contributed by atoms with Crippen LogP contribution in [0.5, 0.6) is 0 Å². The van der Waals surface area contributed by atoms with Crippen LogP contribution in [0.4, 0.5) is 94.1 Å². The number of benzene rings is 14. The molecule has 5 nitrogen and oxygen atoms in total. The van der Waals surface area contributed by atoms with Crippen molar-refractivity contribution in [1.82, 2.24) is 0 Å². The molecule has 14 aromatic carbocycles. The fourth-order valence-corrected chi connectivity index (χ4v) is 16.2. The van der Waals surface area contributed by atoms with E-state index in [1.165, 1.54) is 22.5 Å². The first-order valence-corrected chi connectivity index (χ1v) is 32.7. The highest BCUT2D eigenvalue weighted by atomic mass is 32.2. The van der Waals surface area contributed by atoms with E-state index in [2.05, 4.69) is 328 Å². The fourth-order valence-electron chi connectivity index (χ4n) is 14.9. The molecule has 14 aromatic rings. The lowest BCUT2D eigenvalue weighted by Gasteiger charge is -2.46. The van der Waals surface area contributed by atoms with Crippen molar-refractivity contribution in [3.63, 3.8) is 0 Å². The maximum Gasteiger partial charge on any atom is 0.252 e. The molecule has 4 aliphatic rings. The second-order valence-electron chi connectivity index (χ2n) is 24.3. The lowest BCUT2D eigenvalue weighted by atomic mass is 9.31. The first-order valence-electron chi connectivity index (χ1n) is 31.8. The molecule has 442 valence electrons. The highest BCUT2D eigenvalue weighted by Gasteiger charge is 2.48. The van der Waals surface area contributed by atoms with Crippen LogP contribution in [-0.2, 0) is 0 Å².